The zero-order valence-corrected chi connectivity index (χ0v) is 16.9. The molecule has 0 aromatic heterocycles. The fraction of sp³-hybridized carbons (Fsp3) is 0.941. The molecule has 2 saturated heterocycles. The van der Waals surface area contributed by atoms with Gasteiger partial charge in [-0.1, -0.05) is 0 Å². The van der Waals surface area contributed by atoms with Crippen molar-refractivity contribution in [3.05, 3.63) is 0 Å². The molecule has 0 N–H and O–H groups in total. The zero-order valence-electron chi connectivity index (χ0n) is 14.7. The Labute approximate surface area is 147 Å². The first kappa shape index (κ1) is 18.5. The summed E-state index contributed by atoms with van der Waals surface area (Å²) in [4.78, 5) is 16.8. The van der Waals surface area contributed by atoms with E-state index in [9.17, 15) is 4.79 Å². The number of piperidine rings is 1. The summed E-state index contributed by atoms with van der Waals surface area (Å²) >= 11 is 0.246. The second-order valence-corrected chi connectivity index (χ2v) is 11.7. The third-order valence-electron chi connectivity index (χ3n) is 4.59. The van der Waals surface area contributed by atoms with Gasteiger partial charge in [-0.15, -0.1) is 0 Å². The molecule has 0 aliphatic carbocycles. The number of carbonyl (C=O) groups excluding carboxylic acids is 1. The number of hydrogen-bond acceptors (Lipinski definition) is 3. The Morgan fingerprint density at radius 2 is 1.59 bits per heavy atom. The normalized spacial score (nSPS) is 22.9. The van der Waals surface area contributed by atoms with Crippen molar-refractivity contribution in [3.63, 3.8) is 0 Å². The van der Waals surface area contributed by atoms with Crippen LogP contribution in [0.15, 0.2) is 0 Å². The van der Waals surface area contributed by atoms with Gasteiger partial charge < -0.3 is 0 Å². The van der Waals surface area contributed by atoms with Gasteiger partial charge in [0.2, 0.25) is 0 Å². The monoisotopic (exact) mass is 422 g/mol. The van der Waals surface area contributed by atoms with Gasteiger partial charge in [0.1, 0.15) is 0 Å². The fourth-order valence-electron chi connectivity index (χ4n) is 3.35. The first-order valence-corrected chi connectivity index (χ1v) is 11.1. The van der Waals surface area contributed by atoms with E-state index in [0.717, 1.165) is 22.9 Å². The van der Waals surface area contributed by atoms with E-state index in [2.05, 4.69) is 26.8 Å². The molecule has 0 spiro atoms. The fourth-order valence-corrected chi connectivity index (χ4v) is 5.91. The number of amides is 1. The van der Waals surface area contributed by atoms with E-state index in [4.69, 9.17) is 0 Å². The van der Waals surface area contributed by atoms with E-state index >= 15 is 0 Å². The van der Waals surface area contributed by atoms with E-state index in [-0.39, 0.29) is 27.4 Å². The Hall–Kier alpha value is 0.120. The molecule has 0 unspecified atom stereocenters. The van der Waals surface area contributed by atoms with Crippen LogP contribution >= 0.6 is 0 Å². The van der Waals surface area contributed by atoms with Gasteiger partial charge in [-0.2, -0.15) is 0 Å². The standard InChI is InChI=1S/C17H33IN3O/c1-14(2)17(22)20-7-5-16(6-8-20)13-19-9-11-21(12-10-19)18-15(3)4/h14-16H,5-13H2,1-4H3/q-1. The quantitative estimate of drug-likeness (QED) is 0.320. The van der Waals surface area contributed by atoms with Gasteiger partial charge in [0, 0.05) is 0 Å². The molecule has 1 amide bonds. The van der Waals surface area contributed by atoms with Crippen molar-refractivity contribution < 1.29 is 26.3 Å². The summed E-state index contributed by atoms with van der Waals surface area (Å²) < 4.78 is 3.59. The number of carbonyl (C=O) groups is 1. The number of piperazine rings is 1. The van der Waals surface area contributed by atoms with E-state index < -0.39 is 0 Å². The first-order chi connectivity index (χ1) is 10.5. The van der Waals surface area contributed by atoms with Crippen LogP contribution in [0.2, 0.25) is 0 Å². The van der Waals surface area contributed by atoms with Crippen molar-refractivity contribution in [2.45, 2.75) is 44.5 Å². The third kappa shape index (κ3) is 5.64. The summed E-state index contributed by atoms with van der Waals surface area (Å²) in [6, 6.07) is 0. The molecule has 2 aliphatic heterocycles. The summed E-state index contributed by atoms with van der Waals surface area (Å²) in [6.45, 7) is 17.0. The van der Waals surface area contributed by atoms with Gasteiger partial charge in [-0.05, 0) is 0 Å². The summed E-state index contributed by atoms with van der Waals surface area (Å²) in [5.41, 5.74) is 0. The van der Waals surface area contributed by atoms with Gasteiger partial charge in [0.05, 0.1) is 0 Å². The van der Waals surface area contributed by atoms with Crippen molar-refractivity contribution in [1.82, 2.24) is 12.9 Å². The number of alkyl halides is 1. The molecule has 0 saturated carbocycles. The summed E-state index contributed by atoms with van der Waals surface area (Å²) in [6.07, 6.45) is 2.38. The van der Waals surface area contributed by atoms with Crippen molar-refractivity contribution >= 4 is 5.91 Å². The van der Waals surface area contributed by atoms with Crippen LogP contribution in [-0.4, -0.2) is 68.6 Å². The molecule has 0 atom stereocenters. The van der Waals surface area contributed by atoms with E-state index in [1.165, 1.54) is 45.6 Å². The summed E-state index contributed by atoms with van der Waals surface area (Å²) in [5.74, 6) is 1.28. The minimum atomic E-state index is 0.147. The second kappa shape index (κ2) is 8.83. The average Bonchev–Trinajstić information content (AvgIpc) is 2.49. The average molecular weight is 422 g/mol. The van der Waals surface area contributed by atoms with Gasteiger partial charge in [-0.3, -0.25) is 0 Å². The SMILES string of the molecule is CC(C)[I-]N1CCN(CC2CCN(C(=O)C(C)C)CC2)CC1. The van der Waals surface area contributed by atoms with Crippen LogP contribution in [-0.2, 0) is 4.79 Å². The molecule has 22 heavy (non-hydrogen) atoms. The predicted molar refractivity (Wildman–Crippen MR) is 87.3 cm³/mol. The van der Waals surface area contributed by atoms with Crippen molar-refractivity contribution in [2.75, 3.05) is 45.8 Å². The molecular formula is C17H33IN3O-. The summed E-state index contributed by atoms with van der Waals surface area (Å²) in [5, 5.41) is 0. The van der Waals surface area contributed by atoms with Crippen LogP contribution in [0, 0.1) is 11.8 Å². The zero-order chi connectivity index (χ0) is 16.1. The predicted octanol–water partition coefficient (Wildman–Crippen LogP) is -1.09. The molecule has 0 aromatic carbocycles. The van der Waals surface area contributed by atoms with Crippen LogP contribution in [0.4, 0.5) is 0 Å². The molecule has 2 heterocycles. The molecule has 0 aromatic rings. The Morgan fingerprint density at radius 1 is 1.00 bits per heavy atom. The Morgan fingerprint density at radius 3 is 2.09 bits per heavy atom. The number of hydrogen-bond donors (Lipinski definition) is 0. The number of likely N-dealkylation sites (tertiary alicyclic amines) is 1. The van der Waals surface area contributed by atoms with Crippen LogP contribution < -0.4 is 21.5 Å². The molecule has 130 valence electrons. The molecule has 0 bridgehead atoms. The van der Waals surface area contributed by atoms with E-state index in [0.29, 0.717) is 5.91 Å². The topological polar surface area (TPSA) is 26.8 Å². The van der Waals surface area contributed by atoms with E-state index in [1.54, 1.807) is 0 Å². The van der Waals surface area contributed by atoms with Crippen LogP contribution in [0.5, 0.6) is 0 Å². The Kier molecular flexibility index (Phi) is 7.41. The Bertz CT molecular complexity index is 346. The third-order valence-corrected chi connectivity index (χ3v) is 7.45. The second-order valence-electron chi connectivity index (χ2n) is 7.25. The van der Waals surface area contributed by atoms with Gasteiger partial charge in [0.15, 0.2) is 0 Å². The van der Waals surface area contributed by atoms with Gasteiger partial charge in [0.25, 0.3) is 0 Å². The molecule has 2 aliphatic rings. The molecule has 5 heteroatoms. The summed E-state index contributed by atoms with van der Waals surface area (Å²) in [7, 11) is 0. The van der Waals surface area contributed by atoms with Crippen LogP contribution in [0.25, 0.3) is 0 Å². The maximum absolute atomic E-state index is 12.0. The maximum atomic E-state index is 12.0. The first-order valence-electron chi connectivity index (χ1n) is 8.85. The van der Waals surface area contributed by atoms with Crippen molar-refractivity contribution in [2.24, 2.45) is 11.8 Å². The van der Waals surface area contributed by atoms with Gasteiger partial charge >= 0.3 is 147 Å². The van der Waals surface area contributed by atoms with Crippen LogP contribution in [0.1, 0.15) is 40.5 Å². The molecule has 2 fully saturated rings. The van der Waals surface area contributed by atoms with Crippen molar-refractivity contribution in [1.29, 1.82) is 0 Å². The minimum absolute atomic E-state index is 0.147. The molecular weight excluding hydrogens is 389 g/mol. The molecule has 0 radical (unpaired) electrons. The van der Waals surface area contributed by atoms with Crippen LogP contribution in [0.3, 0.4) is 0 Å². The van der Waals surface area contributed by atoms with Crippen molar-refractivity contribution in [3.8, 4) is 0 Å². The Balaban J connectivity index is 1.66. The molecule has 4 nitrogen and oxygen atoms in total. The molecule has 2 rings (SSSR count). The number of nitrogens with zero attached hydrogens (tertiary/aromatic N) is 3. The number of rotatable bonds is 5. The van der Waals surface area contributed by atoms with Gasteiger partial charge in [-0.25, -0.2) is 0 Å². The number of halogens is 1. The van der Waals surface area contributed by atoms with E-state index in [1.807, 2.05) is 13.8 Å².